The summed E-state index contributed by atoms with van der Waals surface area (Å²) in [7, 11) is 0. The number of amides is 2. The van der Waals surface area contributed by atoms with Crippen LogP contribution in [0.15, 0.2) is 30.5 Å². The quantitative estimate of drug-likeness (QED) is 0.474. The summed E-state index contributed by atoms with van der Waals surface area (Å²) < 4.78 is 30.9. The Morgan fingerprint density at radius 1 is 1.09 bits per heavy atom. The Morgan fingerprint density at radius 2 is 1.74 bits per heavy atom. The number of anilines is 2. The maximum atomic E-state index is 14.4. The van der Waals surface area contributed by atoms with Crippen LogP contribution in [0.2, 0.25) is 0 Å². The Hall–Kier alpha value is -3.60. The number of nitrogens with one attached hydrogen (secondary N) is 1. The molecule has 4 N–H and O–H groups in total. The van der Waals surface area contributed by atoms with Gasteiger partial charge >= 0.3 is 12.2 Å². The van der Waals surface area contributed by atoms with E-state index in [-0.39, 0.29) is 48.3 Å². The Kier molecular flexibility index (Phi) is 8.86. The van der Waals surface area contributed by atoms with Gasteiger partial charge in [0.15, 0.2) is 11.6 Å². The highest BCUT2D eigenvalue weighted by atomic mass is 19.1. The van der Waals surface area contributed by atoms with Crippen molar-refractivity contribution in [1.82, 2.24) is 9.88 Å². The van der Waals surface area contributed by atoms with Crippen LogP contribution >= 0.6 is 0 Å². The molecule has 2 rings (SSSR count). The number of aliphatic hydroxyl groups is 1. The number of aliphatic hydroxyl groups excluding tert-OH is 1. The largest absolute Gasteiger partial charge is 0.454 e. The van der Waals surface area contributed by atoms with Crippen molar-refractivity contribution >= 4 is 23.7 Å². The number of hydrogen-bond donors (Lipinski definition) is 3. The fraction of sp³-hybridized carbons (Fsp3) is 0.458. The van der Waals surface area contributed by atoms with Gasteiger partial charge in [0, 0.05) is 24.5 Å². The zero-order valence-corrected chi connectivity index (χ0v) is 20.8. The molecule has 0 unspecified atom stereocenters. The lowest BCUT2D eigenvalue weighted by atomic mass is 10.2. The number of hydrogen-bond acceptors (Lipinski definition) is 8. The van der Waals surface area contributed by atoms with E-state index in [2.05, 4.69) is 10.3 Å². The van der Waals surface area contributed by atoms with Crippen molar-refractivity contribution < 1.29 is 33.3 Å². The van der Waals surface area contributed by atoms with E-state index in [1.807, 2.05) is 0 Å². The number of halogens is 1. The molecule has 0 spiro atoms. The summed E-state index contributed by atoms with van der Waals surface area (Å²) in [6.07, 6.45) is -0.138. The Labute approximate surface area is 204 Å². The molecule has 0 aliphatic heterocycles. The average molecular weight is 493 g/mol. The van der Waals surface area contributed by atoms with Crippen molar-refractivity contribution in [2.24, 2.45) is 0 Å². The predicted octanol–water partition coefficient (Wildman–Crippen LogP) is 4.67. The van der Waals surface area contributed by atoms with Gasteiger partial charge in [0.25, 0.3) is 0 Å². The van der Waals surface area contributed by atoms with Crippen LogP contribution in [0, 0.1) is 5.82 Å². The van der Waals surface area contributed by atoms with Gasteiger partial charge in [-0.3, -0.25) is 5.32 Å². The highest BCUT2D eigenvalue weighted by Crippen LogP contribution is 2.33. The molecule has 1 heterocycles. The van der Waals surface area contributed by atoms with Gasteiger partial charge in [-0.25, -0.2) is 19.0 Å². The van der Waals surface area contributed by atoms with E-state index in [0.29, 0.717) is 0 Å². The minimum atomic E-state index is -0.788. The average Bonchev–Trinajstić information content (AvgIpc) is 2.68. The Morgan fingerprint density at radius 3 is 2.31 bits per heavy atom. The second-order valence-electron chi connectivity index (χ2n) is 9.68. The number of benzene rings is 1. The molecule has 0 saturated heterocycles. The molecule has 0 aliphatic rings. The lowest BCUT2D eigenvalue weighted by Crippen LogP contribution is -2.38. The molecule has 0 radical (unpaired) electrons. The summed E-state index contributed by atoms with van der Waals surface area (Å²) in [4.78, 5) is 30.6. The second kappa shape index (κ2) is 11.2. The SMILES string of the molecule is CC(C)(C)OC(=O)Nc1nccc(Oc2ccc(N)cc2F)c1CN(CCO)C(=O)OC(C)(C)C. The molecule has 11 heteroatoms. The topological polar surface area (TPSA) is 136 Å². The molecule has 192 valence electrons. The minimum Gasteiger partial charge on any atom is -0.454 e. The first-order chi connectivity index (χ1) is 16.2. The third kappa shape index (κ3) is 8.93. The highest BCUT2D eigenvalue weighted by molar-refractivity contribution is 5.85. The number of ether oxygens (including phenoxy) is 3. The summed E-state index contributed by atoms with van der Waals surface area (Å²) in [6.45, 7) is 9.63. The van der Waals surface area contributed by atoms with E-state index in [1.165, 1.54) is 29.3 Å². The number of pyridine rings is 1. The van der Waals surface area contributed by atoms with Crippen molar-refractivity contribution in [3.05, 3.63) is 41.8 Å². The molecule has 0 fully saturated rings. The van der Waals surface area contributed by atoms with Crippen molar-refractivity contribution in [2.75, 3.05) is 24.2 Å². The molecule has 0 aliphatic carbocycles. The van der Waals surface area contributed by atoms with Gasteiger partial charge in [-0.2, -0.15) is 0 Å². The van der Waals surface area contributed by atoms with E-state index in [9.17, 15) is 19.1 Å². The monoisotopic (exact) mass is 492 g/mol. The molecule has 10 nitrogen and oxygen atoms in total. The fourth-order valence-electron chi connectivity index (χ4n) is 2.82. The van der Waals surface area contributed by atoms with E-state index >= 15 is 0 Å². The molecule has 0 atom stereocenters. The smallest absolute Gasteiger partial charge is 0.413 e. The van der Waals surface area contributed by atoms with Gasteiger partial charge in [-0.05, 0) is 59.7 Å². The van der Waals surface area contributed by atoms with Crippen LogP contribution in [-0.4, -0.2) is 51.5 Å². The summed E-state index contributed by atoms with van der Waals surface area (Å²) in [5.41, 5.74) is 4.50. The van der Waals surface area contributed by atoms with Gasteiger partial charge in [0.1, 0.15) is 22.8 Å². The molecular formula is C24H33FN4O6. The molecular weight excluding hydrogens is 459 g/mol. The van der Waals surface area contributed by atoms with Crippen molar-refractivity contribution in [3.8, 4) is 11.5 Å². The number of carbonyl (C=O) groups excluding carboxylic acids is 2. The van der Waals surface area contributed by atoms with Crippen LogP contribution in [0.25, 0.3) is 0 Å². The highest BCUT2D eigenvalue weighted by Gasteiger charge is 2.26. The van der Waals surface area contributed by atoms with E-state index in [0.717, 1.165) is 6.07 Å². The molecule has 2 amide bonds. The number of nitrogen functional groups attached to an aromatic ring is 1. The van der Waals surface area contributed by atoms with E-state index < -0.39 is 29.2 Å². The van der Waals surface area contributed by atoms with Crippen molar-refractivity contribution in [1.29, 1.82) is 0 Å². The van der Waals surface area contributed by atoms with Gasteiger partial charge in [-0.1, -0.05) is 0 Å². The van der Waals surface area contributed by atoms with Crippen LogP contribution in [0.1, 0.15) is 47.1 Å². The van der Waals surface area contributed by atoms with Crippen LogP contribution in [-0.2, 0) is 16.0 Å². The van der Waals surface area contributed by atoms with Crippen molar-refractivity contribution in [2.45, 2.75) is 59.3 Å². The van der Waals surface area contributed by atoms with Gasteiger partial charge in [-0.15, -0.1) is 0 Å². The minimum absolute atomic E-state index is 0.0269. The van der Waals surface area contributed by atoms with Crippen molar-refractivity contribution in [3.63, 3.8) is 0 Å². The number of carbonyl (C=O) groups is 2. The molecule has 35 heavy (non-hydrogen) atoms. The van der Waals surface area contributed by atoms with Crippen LogP contribution in [0.3, 0.4) is 0 Å². The van der Waals surface area contributed by atoms with Gasteiger partial charge in [0.05, 0.1) is 18.7 Å². The zero-order valence-electron chi connectivity index (χ0n) is 20.8. The normalized spacial score (nSPS) is 11.5. The number of nitrogens with two attached hydrogens (primary N) is 1. The third-order valence-electron chi connectivity index (χ3n) is 4.18. The first-order valence-corrected chi connectivity index (χ1v) is 11.0. The van der Waals surface area contributed by atoms with Gasteiger partial charge < -0.3 is 30.0 Å². The Bertz CT molecular complexity index is 1050. The fourth-order valence-corrected chi connectivity index (χ4v) is 2.82. The van der Waals surface area contributed by atoms with E-state index in [1.54, 1.807) is 41.5 Å². The summed E-state index contributed by atoms with van der Waals surface area (Å²) >= 11 is 0. The van der Waals surface area contributed by atoms with Crippen LogP contribution in [0.4, 0.5) is 25.5 Å². The number of rotatable bonds is 7. The van der Waals surface area contributed by atoms with Crippen LogP contribution < -0.4 is 15.8 Å². The second-order valence-corrected chi connectivity index (χ2v) is 9.68. The Balaban J connectivity index is 2.49. The summed E-state index contributed by atoms with van der Waals surface area (Å²) in [6, 6.07) is 5.39. The maximum absolute atomic E-state index is 14.4. The number of aromatic nitrogens is 1. The third-order valence-corrected chi connectivity index (χ3v) is 4.18. The van der Waals surface area contributed by atoms with Gasteiger partial charge in [0.2, 0.25) is 0 Å². The number of nitrogens with zero attached hydrogens (tertiary/aromatic N) is 2. The van der Waals surface area contributed by atoms with E-state index in [4.69, 9.17) is 19.9 Å². The predicted molar refractivity (Wildman–Crippen MR) is 129 cm³/mol. The summed E-state index contributed by atoms with van der Waals surface area (Å²) in [5.74, 6) is -0.685. The molecule has 2 aromatic rings. The molecule has 1 aromatic heterocycles. The lowest BCUT2D eigenvalue weighted by molar-refractivity contribution is 0.0201. The molecule has 1 aromatic carbocycles. The maximum Gasteiger partial charge on any atom is 0.413 e. The lowest BCUT2D eigenvalue weighted by Gasteiger charge is -2.28. The molecule has 0 bridgehead atoms. The summed E-state index contributed by atoms with van der Waals surface area (Å²) in [5, 5.41) is 12.1. The standard InChI is InChI=1S/C24H33FN4O6/c1-23(2,3)34-21(31)28-20-16(14-29(11-12-30)22(32)35-24(4,5)6)18(9-10-27-20)33-19-8-7-15(26)13-17(19)25/h7-10,13,30H,11-12,14,26H2,1-6H3,(H,27,28,31). The van der Waals surface area contributed by atoms with Crippen LogP contribution in [0.5, 0.6) is 11.5 Å². The first kappa shape index (κ1) is 27.6. The molecule has 0 saturated carbocycles. The first-order valence-electron chi connectivity index (χ1n) is 11.0. The zero-order chi connectivity index (χ0) is 26.4.